The van der Waals surface area contributed by atoms with E-state index >= 15 is 0 Å². The van der Waals surface area contributed by atoms with Gasteiger partial charge in [-0.3, -0.25) is 14.8 Å². The van der Waals surface area contributed by atoms with Crippen molar-refractivity contribution in [3.63, 3.8) is 0 Å². The van der Waals surface area contributed by atoms with Gasteiger partial charge in [0.25, 0.3) is 5.91 Å². The van der Waals surface area contributed by atoms with Crippen LogP contribution in [-0.2, 0) is 16.6 Å². The van der Waals surface area contributed by atoms with Crippen molar-refractivity contribution in [2.75, 3.05) is 13.1 Å². The van der Waals surface area contributed by atoms with Gasteiger partial charge in [-0.15, -0.1) is 11.3 Å². The number of thiophene rings is 1. The number of amides is 1. The number of hydrogen-bond donors (Lipinski definition) is 1. The lowest BCUT2D eigenvalue weighted by atomic mass is 10.2. The van der Waals surface area contributed by atoms with Crippen LogP contribution in [0.5, 0.6) is 0 Å². The fourth-order valence-electron chi connectivity index (χ4n) is 3.24. The first-order valence-corrected chi connectivity index (χ1v) is 11.6. The molecule has 150 valence electrons. The Bertz CT molecular complexity index is 1090. The number of aromatic nitrogens is 2. The molecule has 0 spiro atoms. The fourth-order valence-corrected chi connectivity index (χ4v) is 5.50. The molecular weight excluding hydrogens is 408 g/mol. The van der Waals surface area contributed by atoms with Crippen LogP contribution < -0.4 is 5.32 Å². The number of hydrogen-bond acceptors (Lipinski definition) is 6. The van der Waals surface area contributed by atoms with Crippen LogP contribution in [-0.4, -0.2) is 41.7 Å². The average molecular weight is 429 g/mol. The lowest BCUT2D eigenvalue weighted by Gasteiger charge is -2.15. The Morgan fingerprint density at radius 1 is 1.07 bits per heavy atom. The third-order valence-corrected chi connectivity index (χ3v) is 7.55. The standard InChI is InChI=1S/C20H20N4O3S2/c25-20(23-14-17-19(22-10-9-21-17)18-4-3-13-28-18)15-5-7-16(8-6-15)29(26,27)24-11-1-2-12-24/h3-10,13H,1-2,11-12,14H2,(H,23,25). The van der Waals surface area contributed by atoms with Crippen molar-refractivity contribution >= 4 is 27.3 Å². The largest absolute Gasteiger partial charge is 0.346 e. The van der Waals surface area contributed by atoms with Crippen molar-refractivity contribution in [3.05, 3.63) is 65.4 Å². The highest BCUT2D eigenvalue weighted by Crippen LogP contribution is 2.25. The van der Waals surface area contributed by atoms with Gasteiger partial charge in [-0.05, 0) is 48.6 Å². The second-order valence-corrected chi connectivity index (χ2v) is 9.53. The Morgan fingerprint density at radius 2 is 1.79 bits per heavy atom. The van der Waals surface area contributed by atoms with E-state index < -0.39 is 10.0 Å². The van der Waals surface area contributed by atoms with Crippen LogP contribution in [0.1, 0.15) is 28.9 Å². The van der Waals surface area contributed by atoms with Crippen LogP contribution in [0.3, 0.4) is 0 Å². The van der Waals surface area contributed by atoms with E-state index in [-0.39, 0.29) is 17.3 Å². The number of nitrogens with zero attached hydrogens (tertiary/aromatic N) is 3. The molecular formula is C20H20N4O3S2. The van der Waals surface area contributed by atoms with Crippen molar-refractivity contribution in [1.29, 1.82) is 0 Å². The van der Waals surface area contributed by atoms with Crippen LogP contribution in [0.25, 0.3) is 10.6 Å². The number of sulfonamides is 1. The maximum Gasteiger partial charge on any atom is 0.251 e. The molecule has 0 unspecified atom stereocenters. The van der Waals surface area contributed by atoms with Crippen molar-refractivity contribution < 1.29 is 13.2 Å². The van der Waals surface area contributed by atoms with E-state index in [0.29, 0.717) is 24.3 Å². The van der Waals surface area contributed by atoms with Gasteiger partial charge in [0.05, 0.1) is 22.0 Å². The first-order valence-electron chi connectivity index (χ1n) is 9.28. The molecule has 4 rings (SSSR count). The lowest BCUT2D eigenvalue weighted by molar-refractivity contribution is 0.0950. The molecule has 0 radical (unpaired) electrons. The number of nitrogens with one attached hydrogen (secondary N) is 1. The third-order valence-electron chi connectivity index (χ3n) is 4.76. The van der Waals surface area contributed by atoms with E-state index in [1.54, 1.807) is 23.7 Å². The molecule has 1 fully saturated rings. The summed E-state index contributed by atoms with van der Waals surface area (Å²) in [5.41, 5.74) is 1.82. The minimum absolute atomic E-state index is 0.213. The Kier molecular flexibility index (Phi) is 5.70. The van der Waals surface area contributed by atoms with Crippen LogP contribution in [0.15, 0.2) is 59.1 Å². The normalized spacial score (nSPS) is 14.8. The molecule has 1 aliphatic heterocycles. The summed E-state index contributed by atoms with van der Waals surface area (Å²) in [6.07, 6.45) is 4.99. The van der Waals surface area contributed by atoms with Gasteiger partial charge in [0, 0.05) is 31.0 Å². The van der Waals surface area contributed by atoms with Crippen molar-refractivity contribution in [2.24, 2.45) is 0 Å². The Balaban J connectivity index is 1.45. The lowest BCUT2D eigenvalue weighted by Crippen LogP contribution is -2.28. The zero-order valence-corrected chi connectivity index (χ0v) is 17.2. The van der Waals surface area contributed by atoms with E-state index in [2.05, 4.69) is 15.3 Å². The van der Waals surface area contributed by atoms with Crippen molar-refractivity contribution in [3.8, 4) is 10.6 Å². The Hall–Kier alpha value is -2.62. The van der Waals surface area contributed by atoms with Gasteiger partial charge in [0.15, 0.2) is 0 Å². The van der Waals surface area contributed by atoms with E-state index in [4.69, 9.17) is 0 Å². The van der Waals surface area contributed by atoms with Gasteiger partial charge in [-0.2, -0.15) is 4.31 Å². The predicted molar refractivity (Wildman–Crippen MR) is 111 cm³/mol. The van der Waals surface area contributed by atoms with E-state index in [1.165, 1.54) is 28.6 Å². The van der Waals surface area contributed by atoms with Gasteiger partial charge in [-0.1, -0.05) is 6.07 Å². The summed E-state index contributed by atoms with van der Waals surface area (Å²) in [5.74, 6) is -0.294. The summed E-state index contributed by atoms with van der Waals surface area (Å²) >= 11 is 1.56. The second kappa shape index (κ2) is 8.40. The zero-order valence-electron chi connectivity index (χ0n) is 15.6. The Morgan fingerprint density at radius 3 is 2.48 bits per heavy atom. The molecule has 9 heteroatoms. The van der Waals surface area contributed by atoms with Crippen LogP contribution in [0, 0.1) is 0 Å². The van der Waals surface area contributed by atoms with Gasteiger partial charge < -0.3 is 5.32 Å². The third kappa shape index (κ3) is 4.21. The first-order chi connectivity index (χ1) is 14.1. The van der Waals surface area contributed by atoms with Crippen LogP contribution >= 0.6 is 11.3 Å². The van der Waals surface area contributed by atoms with E-state index in [9.17, 15) is 13.2 Å². The molecule has 1 amide bonds. The molecule has 0 saturated carbocycles. The quantitative estimate of drug-likeness (QED) is 0.652. The number of rotatable bonds is 6. The monoisotopic (exact) mass is 428 g/mol. The highest BCUT2D eigenvalue weighted by molar-refractivity contribution is 7.89. The minimum Gasteiger partial charge on any atom is -0.346 e. The first kappa shape index (κ1) is 19.7. The minimum atomic E-state index is -3.48. The number of carbonyl (C=O) groups excluding carboxylic acids is 1. The average Bonchev–Trinajstić information content (AvgIpc) is 3.47. The smallest absolute Gasteiger partial charge is 0.251 e. The summed E-state index contributed by atoms with van der Waals surface area (Å²) < 4.78 is 26.7. The van der Waals surface area contributed by atoms with Gasteiger partial charge in [0.1, 0.15) is 5.69 Å². The summed E-state index contributed by atoms with van der Waals surface area (Å²) in [6, 6.07) is 9.95. The molecule has 1 aromatic carbocycles. The van der Waals surface area contributed by atoms with Gasteiger partial charge >= 0.3 is 0 Å². The highest BCUT2D eigenvalue weighted by atomic mass is 32.2. The number of carbonyl (C=O) groups is 1. The molecule has 29 heavy (non-hydrogen) atoms. The molecule has 3 heterocycles. The summed E-state index contributed by atoms with van der Waals surface area (Å²) in [7, 11) is -3.48. The molecule has 0 aliphatic carbocycles. The SMILES string of the molecule is O=C(NCc1nccnc1-c1cccs1)c1ccc(S(=O)(=O)N2CCCC2)cc1. The maximum absolute atomic E-state index is 12.6. The van der Waals surface area contributed by atoms with Crippen LogP contribution in [0.2, 0.25) is 0 Å². The molecule has 7 nitrogen and oxygen atoms in total. The maximum atomic E-state index is 12.6. The van der Waals surface area contributed by atoms with Crippen LogP contribution in [0.4, 0.5) is 0 Å². The number of benzene rings is 1. The van der Waals surface area contributed by atoms with Gasteiger partial charge in [0.2, 0.25) is 10.0 Å². The molecule has 2 aromatic heterocycles. The molecule has 1 saturated heterocycles. The highest BCUT2D eigenvalue weighted by Gasteiger charge is 2.27. The molecule has 1 aliphatic rings. The van der Waals surface area contributed by atoms with E-state index in [0.717, 1.165) is 23.4 Å². The predicted octanol–water partition coefficient (Wildman–Crippen LogP) is 2.92. The summed E-state index contributed by atoms with van der Waals surface area (Å²) in [4.78, 5) is 22.4. The van der Waals surface area contributed by atoms with Crippen molar-refractivity contribution in [2.45, 2.75) is 24.3 Å². The molecule has 3 aromatic rings. The van der Waals surface area contributed by atoms with E-state index in [1.807, 2.05) is 17.5 Å². The topological polar surface area (TPSA) is 92.3 Å². The van der Waals surface area contributed by atoms with Gasteiger partial charge in [-0.25, -0.2) is 8.42 Å². The van der Waals surface area contributed by atoms with Crippen molar-refractivity contribution in [1.82, 2.24) is 19.6 Å². The zero-order chi connectivity index (χ0) is 20.3. The Labute approximate surface area is 173 Å². The second-order valence-electron chi connectivity index (χ2n) is 6.65. The molecule has 0 atom stereocenters. The summed E-state index contributed by atoms with van der Waals surface area (Å²) in [6.45, 7) is 1.33. The fraction of sp³-hybridized carbons (Fsp3) is 0.250. The summed E-state index contributed by atoms with van der Waals surface area (Å²) in [5, 5.41) is 4.80. The molecule has 0 bridgehead atoms. The molecule has 1 N–H and O–H groups in total.